The maximum absolute atomic E-state index is 13.3. The molecule has 0 bridgehead atoms. The number of hydrogen-bond donors (Lipinski definition) is 0. The minimum Gasteiger partial charge on any atom is -0.497 e. The van der Waals surface area contributed by atoms with Crippen LogP contribution in [-0.2, 0) is 14.4 Å². The maximum Gasteiger partial charge on any atom is 0.267 e. The molecule has 0 unspecified atom stereocenters. The standard InChI is InChI=1S/C25H27N3O7/c1-32-16-7-8-19(33-2)17(13-16)28-23(29)14-18(24(28)30)26-9-11-27(12-10-26)25(31)22-15-34-20-5-3-4-6-21(20)35-22/h3-8,13,18,22H,9-12,14-15H2,1-2H3/t18-,22+/m0/s1. The van der Waals surface area contributed by atoms with Crippen LogP contribution in [-0.4, -0.2) is 86.7 Å². The van der Waals surface area contributed by atoms with Gasteiger partial charge in [0.05, 0.1) is 32.4 Å². The first-order valence-electron chi connectivity index (χ1n) is 11.5. The normalized spacial score (nSPS) is 22.3. The van der Waals surface area contributed by atoms with Crippen molar-refractivity contribution >= 4 is 23.4 Å². The molecule has 2 atom stereocenters. The summed E-state index contributed by atoms with van der Waals surface area (Å²) >= 11 is 0. The molecule has 3 aliphatic heterocycles. The van der Waals surface area contributed by atoms with E-state index in [4.69, 9.17) is 18.9 Å². The molecule has 2 fully saturated rings. The lowest BCUT2D eigenvalue weighted by Crippen LogP contribution is -2.57. The van der Waals surface area contributed by atoms with Crippen molar-refractivity contribution in [2.24, 2.45) is 0 Å². The number of fused-ring (bicyclic) bond motifs is 1. The molecule has 3 heterocycles. The van der Waals surface area contributed by atoms with E-state index in [1.165, 1.54) is 19.1 Å². The molecule has 2 aromatic carbocycles. The highest BCUT2D eigenvalue weighted by Crippen LogP contribution is 2.36. The summed E-state index contributed by atoms with van der Waals surface area (Å²) in [5.74, 6) is 1.38. The predicted octanol–water partition coefficient (Wildman–Crippen LogP) is 1.32. The van der Waals surface area contributed by atoms with Gasteiger partial charge in [-0.3, -0.25) is 19.3 Å². The van der Waals surface area contributed by atoms with Crippen molar-refractivity contribution in [2.75, 3.05) is 51.9 Å². The van der Waals surface area contributed by atoms with E-state index < -0.39 is 12.1 Å². The first-order chi connectivity index (χ1) is 17.0. The summed E-state index contributed by atoms with van der Waals surface area (Å²) in [6, 6.07) is 11.7. The molecule has 5 rings (SSSR count). The zero-order chi connectivity index (χ0) is 24.5. The molecule has 2 saturated heterocycles. The van der Waals surface area contributed by atoms with Crippen LogP contribution in [0.3, 0.4) is 0 Å². The predicted molar refractivity (Wildman–Crippen MR) is 125 cm³/mol. The Kier molecular flexibility index (Phi) is 6.21. The highest BCUT2D eigenvalue weighted by atomic mass is 16.6. The van der Waals surface area contributed by atoms with Gasteiger partial charge in [0.1, 0.15) is 18.1 Å². The lowest BCUT2D eigenvalue weighted by Gasteiger charge is -2.38. The molecule has 3 amide bonds. The Bertz CT molecular complexity index is 1150. The minimum absolute atomic E-state index is 0.0729. The van der Waals surface area contributed by atoms with Crippen LogP contribution in [0.4, 0.5) is 5.69 Å². The van der Waals surface area contributed by atoms with E-state index in [1.54, 1.807) is 35.2 Å². The van der Waals surface area contributed by atoms with Gasteiger partial charge in [-0.15, -0.1) is 0 Å². The minimum atomic E-state index is -0.706. The van der Waals surface area contributed by atoms with E-state index in [9.17, 15) is 14.4 Å². The van der Waals surface area contributed by atoms with Crippen LogP contribution in [0.15, 0.2) is 42.5 Å². The highest BCUT2D eigenvalue weighted by Gasteiger charge is 2.45. The fourth-order valence-corrected chi connectivity index (χ4v) is 4.72. The van der Waals surface area contributed by atoms with Crippen LogP contribution in [0, 0.1) is 0 Å². The number of carbonyl (C=O) groups excluding carboxylic acids is 3. The average Bonchev–Trinajstić information content (AvgIpc) is 3.20. The first kappa shape index (κ1) is 23.0. The number of carbonyl (C=O) groups is 3. The largest absolute Gasteiger partial charge is 0.497 e. The third-order valence-electron chi connectivity index (χ3n) is 6.60. The third-order valence-corrected chi connectivity index (χ3v) is 6.60. The second-order valence-corrected chi connectivity index (χ2v) is 8.55. The third kappa shape index (κ3) is 4.25. The van der Waals surface area contributed by atoms with E-state index >= 15 is 0 Å². The summed E-state index contributed by atoms with van der Waals surface area (Å²) < 4.78 is 22.2. The molecule has 10 heteroatoms. The van der Waals surface area contributed by atoms with Crippen molar-refractivity contribution in [3.63, 3.8) is 0 Å². The van der Waals surface area contributed by atoms with E-state index in [0.717, 1.165) is 0 Å². The molecule has 184 valence electrons. The number of nitrogens with zero attached hydrogens (tertiary/aromatic N) is 3. The molecule has 3 aliphatic rings. The number of anilines is 1. The van der Waals surface area contributed by atoms with Crippen molar-refractivity contribution in [3.05, 3.63) is 42.5 Å². The first-order valence-corrected chi connectivity index (χ1v) is 11.5. The number of ether oxygens (including phenoxy) is 4. The summed E-state index contributed by atoms with van der Waals surface area (Å²) in [7, 11) is 3.01. The topological polar surface area (TPSA) is 97.9 Å². The summed E-state index contributed by atoms with van der Waals surface area (Å²) in [6.07, 6.45) is -0.633. The lowest BCUT2D eigenvalue weighted by molar-refractivity contribution is -0.143. The second kappa shape index (κ2) is 9.46. The van der Waals surface area contributed by atoms with Gasteiger partial charge in [0.15, 0.2) is 11.5 Å². The summed E-state index contributed by atoms with van der Waals surface area (Å²) in [5.41, 5.74) is 0.368. The number of amides is 3. The number of hydrogen-bond acceptors (Lipinski definition) is 8. The van der Waals surface area contributed by atoms with Crippen LogP contribution in [0.5, 0.6) is 23.0 Å². The quantitative estimate of drug-likeness (QED) is 0.590. The molecule has 0 spiro atoms. The Balaban J connectivity index is 1.23. The summed E-state index contributed by atoms with van der Waals surface area (Å²) in [6.45, 7) is 1.97. The van der Waals surface area contributed by atoms with Crippen molar-refractivity contribution in [1.82, 2.24) is 9.80 Å². The van der Waals surface area contributed by atoms with Gasteiger partial charge in [0, 0.05) is 32.2 Å². The molecular formula is C25H27N3O7. The number of methoxy groups -OCH3 is 2. The van der Waals surface area contributed by atoms with Gasteiger partial charge < -0.3 is 23.8 Å². The number of piperazine rings is 1. The van der Waals surface area contributed by atoms with Gasteiger partial charge in [-0.25, -0.2) is 4.90 Å². The molecule has 0 aromatic heterocycles. The molecule has 0 saturated carbocycles. The molecule has 2 aromatic rings. The number of para-hydroxylation sites is 2. The van der Waals surface area contributed by atoms with Crippen LogP contribution in [0.1, 0.15) is 6.42 Å². The van der Waals surface area contributed by atoms with Crippen LogP contribution in [0.2, 0.25) is 0 Å². The Morgan fingerprint density at radius 2 is 1.71 bits per heavy atom. The second-order valence-electron chi connectivity index (χ2n) is 8.55. The van der Waals surface area contributed by atoms with Gasteiger partial charge in [0.25, 0.3) is 11.8 Å². The lowest BCUT2D eigenvalue weighted by atomic mass is 10.1. The Morgan fingerprint density at radius 3 is 2.43 bits per heavy atom. The number of imide groups is 1. The van der Waals surface area contributed by atoms with Gasteiger partial charge in [-0.1, -0.05) is 12.1 Å². The van der Waals surface area contributed by atoms with Crippen LogP contribution < -0.4 is 23.8 Å². The monoisotopic (exact) mass is 481 g/mol. The molecule has 0 N–H and O–H groups in total. The van der Waals surface area contributed by atoms with Crippen LogP contribution in [0.25, 0.3) is 0 Å². The molecule has 0 radical (unpaired) electrons. The summed E-state index contributed by atoms with van der Waals surface area (Å²) in [4.78, 5) is 44.1. The van der Waals surface area contributed by atoms with Crippen molar-refractivity contribution in [3.8, 4) is 23.0 Å². The Morgan fingerprint density at radius 1 is 0.971 bits per heavy atom. The fourth-order valence-electron chi connectivity index (χ4n) is 4.72. The van der Waals surface area contributed by atoms with Gasteiger partial charge in [0.2, 0.25) is 12.0 Å². The van der Waals surface area contributed by atoms with E-state index in [1.807, 2.05) is 17.0 Å². The Hall–Kier alpha value is -3.79. The molecule has 0 aliphatic carbocycles. The van der Waals surface area contributed by atoms with Crippen molar-refractivity contribution < 1.29 is 33.3 Å². The molecule has 35 heavy (non-hydrogen) atoms. The zero-order valence-corrected chi connectivity index (χ0v) is 19.6. The fraction of sp³-hybridized carbons (Fsp3) is 0.400. The smallest absolute Gasteiger partial charge is 0.267 e. The van der Waals surface area contributed by atoms with Gasteiger partial charge in [-0.2, -0.15) is 0 Å². The molecular weight excluding hydrogens is 454 g/mol. The summed E-state index contributed by atoms with van der Waals surface area (Å²) in [5, 5.41) is 0. The number of rotatable bonds is 5. The Labute approximate surface area is 202 Å². The molecule has 10 nitrogen and oxygen atoms in total. The average molecular weight is 482 g/mol. The number of benzene rings is 2. The van der Waals surface area contributed by atoms with E-state index in [-0.39, 0.29) is 30.7 Å². The van der Waals surface area contributed by atoms with Crippen molar-refractivity contribution in [2.45, 2.75) is 18.6 Å². The maximum atomic E-state index is 13.3. The van der Waals surface area contributed by atoms with E-state index in [0.29, 0.717) is 54.9 Å². The SMILES string of the molecule is COc1ccc(OC)c(N2C(=O)C[C@H](N3CCN(C(=O)[C@H]4COc5ccccc5O4)CC3)C2=O)c1. The zero-order valence-electron chi connectivity index (χ0n) is 19.6. The van der Waals surface area contributed by atoms with Gasteiger partial charge >= 0.3 is 0 Å². The van der Waals surface area contributed by atoms with Crippen LogP contribution >= 0.6 is 0 Å². The highest BCUT2D eigenvalue weighted by molar-refractivity contribution is 6.23. The van der Waals surface area contributed by atoms with E-state index in [2.05, 4.69) is 0 Å². The van der Waals surface area contributed by atoms with Gasteiger partial charge in [-0.05, 0) is 24.3 Å². The van der Waals surface area contributed by atoms with Crippen molar-refractivity contribution in [1.29, 1.82) is 0 Å².